The van der Waals surface area contributed by atoms with Gasteiger partial charge in [0.2, 0.25) is 11.8 Å². The number of halogens is 1. The highest BCUT2D eigenvalue weighted by molar-refractivity contribution is 6.31. The highest BCUT2D eigenvalue weighted by atomic mass is 35.5. The maximum Gasteiger partial charge on any atom is 0.337 e. The SMILES string of the molecule is CC(=O)NCCC(=O)Nc1cc(Cl)ccc1C(=O)O. The number of carboxylic acids is 1. The summed E-state index contributed by atoms with van der Waals surface area (Å²) in [6.07, 6.45) is 0.0468. The van der Waals surface area contributed by atoms with Gasteiger partial charge < -0.3 is 15.7 Å². The lowest BCUT2D eigenvalue weighted by molar-refractivity contribution is -0.119. The Labute approximate surface area is 114 Å². The van der Waals surface area contributed by atoms with Crippen molar-refractivity contribution in [2.45, 2.75) is 13.3 Å². The molecule has 102 valence electrons. The first-order chi connectivity index (χ1) is 8.90. The molecule has 0 heterocycles. The van der Waals surface area contributed by atoms with Crippen molar-refractivity contribution in [1.29, 1.82) is 0 Å². The summed E-state index contributed by atoms with van der Waals surface area (Å²) < 4.78 is 0. The van der Waals surface area contributed by atoms with Crippen LogP contribution >= 0.6 is 11.6 Å². The van der Waals surface area contributed by atoms with Gasteiger partial charge in [0, 0.05) is 24.9 Å². The predicted molar refractivity (Wildman–Crippen MR) is 70.3 cm³/mol. The van der Waals surface area contributed by atoms with Gasteiger partial charge in [-0.15, -0.1) is 0 Å². The molecule has 1 aromatic carbocycles. The Hall–Kier alpha value is -2.08. The third-order valence-electron chi connectivity index (χ3n) is 2.21. The molecule has 3 N–H and O–H groups in total. The number of rotatable bonds is 5. The van der Waals surface area contributed by atoms with Crippen molar-refractivity contribution >= 4 is 35.1 Å². The molecular formula is C12H13ClN2O4. The molecule has 1 aromatic rings. The van der Waals surface area contributed by atoms with Gasteiger partial charge in [-0.05, 0) is 18.2 Å². The van der Waals surface area contributed by atoms with Crippen LogP contribution in [0.3, 0.4) is 0 Å². The lowest BCUT2D eigenvalue weighted by Crippen LogP contribution is -2.25. The van der Waals surface area contributed by atoms with Gasteiger partial charge >= 0.3 is 5.97 Å². The van der Waals surface area contributed by atoms with Crippen molar-refractivity contribution < 1.29 is 19.5 Å². The van der Waals surface area contributed by atoms with Crippen LogP contribution in [-0.4, -0.2) is 29.4 Å². The molecule has 0 radical (unpaired) electrons. The Bertz CT molecular complexity index is 516. The Kier molecular flexibility index (Phi) is 5.32. The first-order valence-corrected chi connectivity index (χ1v) is 5.85. The Morgan fingerprint density at radius 3 is 2.58 bits per heavy atom. The number of carboxylic acid groups (broad SMARTS) is 1. The smallest absolute Gasteiger partial charge is 0.337 e. The van der Waals surface area contributed by atoms with Crippen molar-refractivity contribution in [1.82, 2.24) is 5.32 Å². The van der Waals surface area contributed by atoms with Gasteiger partial charge in [-0.25, -0.2) is 4.79 Å². The van der Waals surface area contributed by atoms with Crippen LogP contribution in [0.4, 0.5) is 5.69 Å². The second kappa shape index (κ2) is 6.75. The molecule has 0 aliphatic rings. The van der Waals surface area contributed by atoms with Gasteiger partial charge in [0.15, 0.2) is 0 Å². The summed E-state index contributed by atoms with van der Waals surface area (Å²) in [5, 5.41) is 14.2. The summed E-state index contributed by atoms with van der Waals surface area (Å²) in [5.41, 5.74) is 0.0881. The Balaban J connectivity index is 2.70. The van der Waals surface area contributed by atoms with E-state index in [0.717, 1.165) is 0 Å². The third-order valence-corrected chi connectivity index (χ3v) is 2.45. The average Bonchev–Trinajstić information content (AvgIpc) is 2.27. The Morgan fingerprint density at radius 2 is 2.00 bits per heavy atom. The summed E-state index contributed by atoms with van der Waals surface area (Å²) in [7, 11) is 0. The molecule has 0 fully saturated rings. The van der Waals surface area contributed by atoms with Crippen LogP contribution in [0.25, 0.3) is 0 Å². The van der Waals surface area contributed by atoms with E-state index in [2.05, 4.69) is 10.6 Å². The molecule has 0 bridgehead atoms. The quantitative estimate of drug-likeness (QED) is 0.763. The van der Waals surface area contributed by atoms with Crippen molar-refractivity contribution in [3.8, 4) is 0 Å². The predicted octanol–water partition coefficient (Wildman–Crippen LogP) is 1.50. The van der Waals surface area contributed by atoms with Crippen LogP contribution in [-0.2, 0) is 9.59 Å². The molecule has 0 saturated heterocycles. The molecule has 19 heavy (non-hydrogen) atoms. The molecule has 0 aliphatic carbocycles. The molecule has 0 spiro atoms. The molecule has 6 nitrogen and oxygen atoms in total. The topological polar surface area (TPSA) is 95.5 Å². The summed E-state index contributed by atoms with van der Waals surface area (Å²) in [6, 6.07) is 4.10. The van der Waals surface area contributed by atoms with Gasteiger partial charge in [0.25, 0.3) is 0 Å². The van der Waals surface area contributed by atoms with Crippen molar-refractivity contribution in [2.75, 3.05) is 11.9 Å². The minimum Gasteiger partial charge on any atom is -0.478 e. The second-order valence-corrected chi connectivity index (χ2v) is 4.21. The number of carbonyl (C=O) groups is 3. The monoisotopic (exact) mass is 284 g/mol. The van der Waals surface area contributed by atoms with Crippen molar-refractivity contribution in [2.24, 2.45) is 0 Å². The molecule has 0 unspecified atom stereocenters. The highest BCUT2D eigenvalue weighted by Gasteiger charge is 2.12. The zero-order chi connectivity index (χ0) is 14.4. The van der Waals surface area contributed by atoms with Gasteiger partial charge in [0.05, 0.1) is 11.3 Å². The zero-order valence-corrected chi connectivity index (χ0v) is 11.0. The maximum atomic E-state index is 11.6. The second-order valence-electron chi connectivity index (χ2n) is 3.78. The van der Waals surface area contributed by atoms with E-state index < -0.39 is 11.9 Å². The molecular weight excluding hydrogens is 272 g/mol. The van der Waals surface area contributed by atoms with Gasteiger partial charge in [-0.2, -0.15) is 0 Å². The summed E-state index contributed by atoms with van der Waals surface area (Å²) in [5.74, 6) is -1.80. The number of anilines is 1. The number of amides is 2. The fourth-order valence-electron chi connectivity index (χ4n) is 1.37. The summed E-state index contributed by atoms with van der Waals surface area (Å²) >= 11 is 5.75. The van der Waals surface area contributed by atoms with Crippen LogP contribution in [0.5, 0.6) is 0 Å². The van der Waals surface area contributed by atoms with Gasteiger partial charge in [0.1, 0.15) is 0 Å². The van der Waals surface area contributed by atoms with Crippen molar-refractivity contribution in [3.63, 3.8) is 0 Å². The number of hydrogen-bond acceptors (Lipinski definition) is 3. The fraction of sp³-hybridized carbons (Fsp3) is 0.250. The highest BCUT2D eigenvalue weighted by Crippen LogP contribution is 2.21. The molecule has 1 rings (SSSR count). The largest absolute Gasteiger partial charge is 0.478 e. The molecule has 0 aromatic heterocycles. The zero-order valence-electron chi connectivity index (χ0n) is 10.2. The number of aromatic carboxylic acids is 1. The van der Waals surface area contributed by atoms with Crippen molar-refractivity contribution in [3.05, 3.63) is 28.8 Å². The molecule has 0 saturated carbocycles. The molecule has 0 atom stereocenters. The van der Waals surface area contributed by atoms with Crippen LogP contribution in [0.15, 0.2) is 18.2 Å². The summed E-state index contributed by atoms with van der Waals surface area (Å²) in [6.45, 7) is 1.53. The lowest BCUT2D eigenvalue weighted by atomic mass is 10.1. The van der Waals surface area contributed by atoms with Crippen LogP contribution in [0.1, 0.15) is 23.7 Å². The normalized spacial score (nSPS) is 9.79. The lowest BCUT2D eigenvalue weighted by Gasteiger charge is -2.09. The average molecular weight is 285 g/mol. The molecule has 7 heteroatoms. The van der Waals surface area contributed by atoms with E-state index in [4.69, 9.17) is 16.7 Å². The standard InChI is InChI=1S/C12H13ClN2O4/c1-7(16)14-5-4-11(17)15-10-6-8(13)2-3-9(10)12(18)19/h2-3,6H,4-5H2,1H3,(H,14,16)(H,15,17)(H,18,19). The van der Waals surface area contributed by atoms with E-state index in [1.165, 1.54) is 25.1 Å². The van der Waals surface area contributed by atoms with Crippen LogP contribution < -0.4 is 10.6 Å². The fourth-order valence-corrected chi connectivity index (χ4v) is 1.54. The Morgan fingerprint density at radius 1 is 1.32 bits per heavy atom. The van der Waals surface area contributed by atoms with Gasteiger partial charge in [-0.3, -0.25) is 9.59 Å². The van der Waals surface area contributed by atoms with E-state index in [1.54, 1.807) is 0 Å². The van der Waals surface area contributed by atoms with E-state index in [9.17, 15) is 14.4 Å². The van der Waals surface area contributed by atoms with Crippen LogP contribution in [0.2, 0.25) is 5.02 Å². The number of benzene rings is 1. The molecule has 2 amide bonds. The third kappa shape index (κ3) is 4.97. The number of carbonyl (C=O) groups excluding carboxylic acids is 2. The summed E-state index contributed by atoms with van der Waals surface area (Å²) in [4.78, 5) is 33.2. The van der Waals surface area contributed by atoms with E-state index in [1.807, 2.05) is 0 Å². The van der Waals surface area contributed by atoms with Gasteiger partial charge in [-0.1, -0.05) is 11.6 Å². The number of nitrogens with one attached hydrogen (secondary N) is 2. The van der Waals surface area contributed by atoms with Crippen LogP contribution in [0, 0.1) is 0 Å². The van der Waals surface area contributed by atoms with E-state index in [0.29, 0.717) is 5.02 Å². The number of hydrogen-bond donors (Lipinski definition) is 3. The van der Waals surface area contributed by atoms with E-state index >= 15 is 0 Å². The minimum atomic E-state index is -1.16. The maximum absolute atomic E-state index is 11.6. The minimum absolute atomic E-state index is 0.0442. The first kappa shape index (κ1) is 15.0. The first-order valence-electron chi connectivity index (χ1n) is 5.47. The molecule has 0 aliphatic heterocycles. The van der Waals surface area contributed by atoms with E-state index in [-0.39, 0.29) is 30.1 Å².